The fraction of sp³-hybridized carbons (Fsp3) is 0.933. The van der Waals surface area contributed by atoms with Gasteiger partial charge in [0.2, 0.25) is 5.91 Å². The average Bonchev–Trinajstić information content (AvgIpc) is 2.42. The summed E-state index contributed by atoms with van der Waals surface area (Å²) in [4.78, 5) is 14.9. The molecular formula is C15H32ClN3O. The molecule has 0 spiro atoms. The molecule has 4 nitrogen and oxygen atoms in total. The lowest BCUT2D eigenvalue weighted by Gasteiger charge is -2.37. The van der Waals surface area contributed by atoms with Crippen molar-refractivity contribution in [2.24, 2.45) is 11.1 Å². The monoisotopic (exact) mass is 305 g/mol. The van der Waals surface area contributed by atoms with E-state index in [1.165, 1.54) is 0 Å². The summed E-state index contributed by atoms with van der Waals surface area (Å²) >= 11 is 0. The molecule has 5 heteroatoms. The third kappa shape index (κ3) is 4.61. The van der Waals surface area contributed by atoms with Crippen molar-refractivity contribution in [2.75, 3.05) is 19.6 Å². The quantitative estimate of drug-likeness (QED) is 0.790. The maximum absolute atomic E-state index is 12.4. The number of carbonyl (C=O) groups excluding carboxylic acids is 1. The zero-order valence-electron chi connectivity index (χ0n) is 13.4. The molecular weight excluding hydrogens is 274 g/mol. The number of hydrogen-bond donors (Lipinski definition) is 2. The number of amides is 1. The van der Waals surface area contributed by atoms with Gasteiger partial charge in [-0.05, 0) is 39.5 Å². The molecule has 0 aromatic carbocycles. The summed E-state index contributed by atoms with van der Waals surface area (Å²) in [6.07, 6.45) is 3.74. The Hall–Kier alpha value is -0.320. The Kier molecular flexibility index (Phi) is 8.71. The molecule has 1 heterocycles. The molecule has 1 aliphatic heterocycles. The molecule has 20 heavy (non-hydrogen) atoms. The van der Waals surface area contributed by atoms with E-state index in [-0.39, 0.29) is 23.7 Å². The summed E-state index contributed by atoms with van der Waals surface area (Å²) in [5, 5.41) is 3.23. The van der Waals surface area contributed by atoms with E-state index in [9.17, 15) is 4.79 Å². The second-order valence-corrected chi connectivity index (χ2v) is 6.07. The Bertz CT molecular complexity index is 277. The highest BCUT2D eigenvalue weighted by atomic mass is 35.5. The van der Waals surface area contributed by atoms with Gasteiger partial charge in [0.05, 0.1) is 5.41 Å². The zero-order chi connectivity index (χ0) is 14.5. The minimum atomic E-state index is -0.366. The summed E-state index contributed by atoms with van der Waals surface area (Å²) in [6.45, 7) is 11.2. The van der Waals surface area contributed by atoms with E-state index in [4.69, 9.17) is 5.73 Å². The molecule has 0 aliphatic carbocycles. The number of halogens is 1. The highest BCUT2D eigenvalue weighted by molar-refractivity contribution is 5.85. The summed E-state index contributed by atoms with van der Waals surface area (Å²) < 4.78 is 0. The molecule has 0 saturated carbocycles. The Balaban J connectivity index is 0.00000361. The predicted octanol–water partition coefficient (Wildman–Crippen LogP) is 2.16. The van der Waals surface area contributed by atoms with Gasteiger partial charge in [0, 0.05) is 31.7 Å². The second-order valence-electron chi connectivity index (χ2n) is 6.07. The van der Waals surface area contributed by atoms with Gasteiger partial charge in [-0.3, -0.25) is 4.79 Å². The van der Waals surface area contributed by atoms with Crippen LogP contribution in [0.2, 0.25) is 0 Å². The number of rotatable bonds is 6. The van der Waals surface area contributed by atoms with Gasteiger partial charge >= 0.3 is 0 Å². The minimum absolute atomic E-state index is 0. The fourth-order valence-corrected chi connectivity index (χ4v) is 2.85. The second kappa shape index (κ2) is 8.85. The highest BCUT2D eigenvalue weighted by Crippen LogP contribution is 2.26. The lowest BCUT2D eigenvalue weighted by atomic mass is 9.81. The van der Waals surface area contributed by atoms with Crippen molar-refractivity contribution in [1.82, 2.24) is 10.2 Å². The van der Waals surface area contributed by atoms with E-state index < -0.39 is 0 Å². The summed E-state index contributed by atoms with van der Waals surface area (Å²) in [5.74, 6) is 0.156. The van der Waals surface area contributed by atoms with Crippen LogP contribution in [0.25, 0.3) is 0 Å². The first-order valence-electron chi connectivity index (χ1n) is 7.74. The van der Waals surface area contributed by atoms with Crippen molar-refractivity contribution in [3.8, 4) is 0 Å². The predicted molar refractivity (Wildman–Crippen MR) is 87.2 cm³/mol. The summed E-state index contributed by atoms with van der Waals surface area (Å²) in [5.41, 5.74) is 5.46. The van der Waals surface area contributed by atoms with E-state index in [1.54, 1.807) is 0 Å². The van der Waals surface area contributed by atoms with Gasteiger partial charge < -0.3 is 16.0 Å². The molecule has 0 aromatic heterocycles. The molecule has 1 amide bonds. The Morgan fingerprint density at radius 2 is 1.80 bits per heavy atom. The van der Waals surface area contributed by atoms with Gasteiger partial charge in [0.25, 0.3) is 0 Å². The number of nitrogens with zero attached hydrogens (tertiary/aromatic N) is 1. The van der Waals surface area contributed by atoms with Crippen LogP contribution in [0.15, 0.2) is 0 Å². The van der Waals surface area contributed by atoms with Gasteiger partial charge in [0.1, 0.15) is 0 Å². The highest BCUT2D eigenvalue weighted by Gasteiger charge is 2.35. The van der Waals surface area contributed by atoms with Gasteiger partial charge in [-0.1, -0.05) is 13.8 Å². The van der Waals surface area contributed by atoms with Crippen molar-refractivity contribution in [3.63, 3.8) is 0 Å². The number of nitrogens with one attached hydrogen (secondary N) is 1. The molecule has 0 atom stereocenters. The van der Waals surface area contributed by atoms with Crippen LogP contribution in [-0.4, -0.2) is 42.5 Å². The maximum Gasteiger partial charge on any atom is 0.227 e. The third-order valence-corrected chi connectivity index (χ3v) is 4.82. The van der Waals surface area contributed by atoms with Crippen LogP contribution in [0.1, 0.15) is 53.4 Å². The van der Waals surface area contributed by atoms with Crippen molar-refractivity contribution < 1.29 is 4.79 Å². The number of hydrogen-bond acceptors (Lipinski definition) is 3. The molecule has 0 aromatic rings. The first-order chi connectivity index (χ1) is 8.99. The van der Waals surface area contributed by atoms with Crippen LogP contribution in [-0.2, 0) is 4.79 Å². The number of nitrogens with two attached hydrogens (primary N) is 1. The Morgan fingerprint density at radius 1 is 1.30 bits per heavy atom. The van der Waals surface area contributed by atoms with E-state index in [0.29, 0.717) is 18.6 Å². The van der Waals surface area contributed by atoms with E-state index in [2.05, 4.69) is 37.9 Å². The molecule has 0 bridgehead atoms. The normalized spacial score (nSPS) is 17.9. The first kappa shape index (κ1) is 19.7. The van der Waals surface area contributed by atoms with Crippen LogP contribution in [0.3, 0.4) is 0 Å². The van der Waals surface area contributed by atoms with Gasteiger partial charge in [-0.15, -0.1) is 12.4 Å². The summed E-state index contributed by atoms with van der Waals surface area (Å²) in [6, 6.07) is 0.928. The molecule has 3 N–H and O–H groups in total. The van der Waals surface area contributed by atoms with Crippen LogP contribution in [0, 0.1) is 5.41 Å². The maximum atomic E-state index is 12.4. The van der Waals surface area contributed by atoms with E-state index in [0.717, 1.165) is 38.8 Å². The van der Waals surface area contributed by atoms with Crippen LogP contribution >= 0.6 is 12.4 Å². The van der Waals surface area contributed by atoms with E-state index in [1.807, 2.05) is 0 Å². The molecule has 0 unspecified atom stereocenters. The molecule has 1 rings (SSSR count). The SMILES string of the molecule is CCC(CC)(CN)C(=O)NC1CCN(C(C)C)CC1.Cl. The average molecular weight is 306 g/mol. The third-order valence-electron chi connectivity index (χ3n) is 4.82. The summed E-state index contributed by atoms with van der Waals surface area (Å²) in [7, 11) is 0. The van der Waals surface area contributed by atoms with Gasteiger partial charge in [-0.2, -0.15) is 0 Å². The standard InChI is InChI=1S/C15H31N3O.ClH/c1-5-15(6-2,11-16)14(19)17-13-7-9-18(10-8-13)12(3)4;/h12-13H,5-11,16H2,1-4H3,(H,17,19);1H. The van der Waals surface area contributed by atoms with Crippen LogP contribution < -0.4 is 11.1 Å². The largest absolute Gasteiger partial charge is 0.353 e. The molecule has 1 saturated heterocycles. The molecule has 0 radical (unpaired) electrons. The van der Waals surface area contributed by atoms with Crippen molar-refractivity contribution in [3.05, 3.63) is 0 Å². The van der Waals surface area contributed by atoms with Crippen molar-refractivity contribution >= 4 is 18.3 Å². The van der Waals surface area contributed by atoms with Gasteiger partial charge in [-0.25, -0.2) is 0 Å². The topological polar surface area (TPSA) is 58.4 Å². The van der Waals surface area contributed by atoms with Crippen LogP contribution in [0.5, 0.6) is 0 Å². The van der Waals surface area contributed by atoms with Crippen LogP contribution in [0.4, 0.5) is 0 Å². The smallest absolute Gasteiger partial charge is 0.227 e. The molecule has 1 fully saturated rings. The van der Waals surface area contributed by atoms with Gasteiger partial charge in [0.15, 0.2) is 0 Å². The number of carbonyl (C=O) groups is 1. The Morgan fingerprint density at radius 3 is 2.15 bits per heavy atom. The molecule has 120 valence electrons. The first-order valence-corrected chi connectivity index (χ1v) is 7.74. The van der Waals surface area contributed by atoms with Crippen molar-refractivity contribution in [2.45, 2.75) is 65.5 Å². The minimum Gasteiger partial charge on any atom is -0.353 e. The fourth-order valence-electron chi connectivity index (χ4n) is 2.85. The number of likely N-dealkylation sites (tertiary alicyclic amines) is 1. The lowest BCUT2D eigenvalue weighted by molar-refractivity contribution is -0.132. The number of piperidine rings is 1. The lowest BCUT2D eigenvalue weighted by Crippen LogP contribution is -2.52. The molecule has 1 aliphatic rings. The van der Waals surface area contributed by atoms with E-state index >= 15 is 0 Å². The Labute approximate surface area is 130 Å². The zero-order valence-corrected chi connectivity index (χ0v) is 14.3. The van der Waals surface area contributed by atoms with Crippen molar-refractivity contribution in [1.29, 1.82) is 0 Å².